The third-order valence-corrected chi connectivity index (χ3v) is 9.71. The number of ether oxygens (including phenoxy) is 2. The van der Waals surface area contributed by atoms with Gasteiger partial charge in [-0.1, -0.05) is 122 Å². The number of aliphatic hydroxyl groups is 7. The summed E-state index contributed by atoms with van der Waals surface area (Å²) in [5.41, 5.74) is 0. The molecule has 0 bridgehead atoms. The number of amides is 1. The average molecular weight is 730 g/mol. The summed E-state index contributed by atoms with van der Waals surface area (Å²) < 4.78 is 11.0. The number of unbranched alkanes of at least 4 members (excludes halogenated alkanes) is 16. The van der Waals surface area contributed by atoms with Crippen LogP contribution in [0.15, 0.2) is 24.3 Å². The predicted octanol–water partition coefficient (Wildman–Crippen LogP) is 5.10. The summed E-state index contributed by atoms with van der Waals surface area (Å²) in [4.78, 5) is 13.0. The van der Waals surface area contributed by atoms with Gasteiger partial charge in [0.1, 0.15) is 36.6 Å². The monoisotopic (exact) mass is 730 g/mol. The predicted molar refractivity (Wildman–Crippen MR) is 201 cm³/mol. The lowest BCUT2D eigenvalue weighted by Crippen LogP contribution is -2.60. The normalized spacial score (nSPS) is 23.5. The first-order chi connectivity index (χ1) is 24.7. The molecule has 0 spiro atoms. The van der Waals surface area contributed by atoms with Crippen molar-refractivity contribution in [3.05, 3.63) is 24.3 Å². The number of hydrogen-bond donors (Lipinski definition) is 8. The van der Waals surface area contributed by atoms with Crippen molar-refractivity contribution in [2.24, 2.45) is 0 Å². The van der Waals surface area contributed by atoms with E-state index in [0.29, 0.717) is 12.8 Å². The van der Waals surface area contributed by atoms with Gasteiger partial charge in [0, 0.05) is 0 Å². The van der Waals surface area contributed by atoms with Crippen LogP contribution in [0.5, 0.6) is 0 Å². The SMILES string of the molecule is CCC/C=C/CCCC(O)C(O)C(COC1OC(CO)C(O)C(O)C1O)NC(=O)C(O)CCCCCCCC/C=C\CCCCCCCCCC. The minimum absolute atomic E-state index is 0.246. The number of allylic oxidation sites excluding steroid dienone is 4. The molecule has 9 unspecified atom stereocenters. The zero-order valence-corrected chi connectivity index (χ0v) is 31.8. The second-order valence-electron chi connectivity index (χ2n) is 14.3. The molecule has 1 saturated heterocycles. The van der Waals surface area contributed by atoms with Gasteiger partial charge in [0.25, 0.3) is 0 Å². The molecule has 0 aromatic heterocycles. The molecule has 0 aromatic rings. The zero-order valence-electron chi connectivity index (χ0n) is 31.8. The van der Waals surface area contributed by atoms with Gasteiger partial charge in [0.2, 0.25) is 5.91 Å². The minimum Gasteiger partial charge on any atom is -0.394 e. The summed E-state index contributed by atoms with van der Waals surface area (Å²) in [6.45, 7) is 3.26. The maximum atomic E-state index is 13.0. The Hall–Kier alpha value is -1.41. The first-order valence-electron chi connectivity index (χ1n) is 20.2. The van der Waals surface area contributed by atoms with E-state index in [1.807, 2.05) is 6.08 Å². The molecule has 1 aliphatic heterocycles. The Labute approximate surface area is 308 Å². The molecule has 0 saturated carbocycles. The van der Waals surface area contributed by atoms with Crippen molar-refractivity contribution in [1.29, 1.82) is 0 Å². The fourth-order valence-corrected chi connectivity index (χ4v) is 6.26. The Bertz CT molecular complexity index is 887. The van der Waals surface area contributed by atoms with E-state index in [-0.39, 0.29) is 12.8 Å². The van der Waals surface area contributed by atoms with Crippen molar-refractivity contribution in [2.75, 3.05) is 13.2 Å². The molecule has 300 valence electrons. The molecule has 0 aromatic carbocycles. The molecule has 51 heavy (non-hydrogen) atoms. The van der Waals surface area contributed by atoms with Crippen LogP contribution in [0.25, 0.3) is 0 Å². The summed E-state index contributed by atoms with van der Waals surface area (Å²) in [5, 5.41) is 74.9. The van der Waals surface area contributed by atoms with Crippen molar-refractivity contribution >= 4 is 5.91 Å². The van der Waals surface area contributed by atoms with E-state index in [2.05, 4.69) is 37.4 Å². The molecule has 1 fully saturated rings. The minimum atomic E-state index is -1.66. The number of aliphatic hydroxyl groups excluding tert-OH is 7. The van der Waals surface area contributed by atoms with Crippen molar-refractivity contribution in [1.82, 2.24) is 5.32 Å². The molecular formula is C40H75NO10. The van der Waals surface area contributed by atoms with Gasteiger partial charge in [0.05, 0.1) is 25.4 Å². The lowest BCUT2D eigenvalue weighted by molar-refractivity contribution is -0.303. The van der Waals surface area contributed by atoms with Crippen molar-refractivity contribution in [3.63, 3.8) is 0 Å². The first kappa shape index (κ1) is 47.6. The summed E-state index contributed by atoms with van der Waals surface area (Å²) in [6.07, 6.45) is 20.0. The molecule has 1 aliphatic rings. The summed E-state index contributed by atoms with van der Waals surface area (Å²) in [5.74, 6) is -0.718. The largest absolute Gasteiger partial charge is 0.394 e. The number of hydrogen-bond acceptors (Lipinski definition) is 10. The van der Waals surface area contributed by atoms with E-state index < -0.39 is 74.2 Å². The summed E-state index contributed by atoms with van der Waals surface area (Å²) in [6, 6.07) is -1.18. The van der Waals surface area contributed by atoms with E-state index >= 15 is 0 Å². The summed E-state index contributed by atoms with van der Waals surface area (Å²) in [7, 11) is 0. The molecule has 9 atom stereocenters. The average Bonchev–Trinajstić information content (AvgIpc) is 3.13. The van der Waals surface area contributed by atoms with Crippen LogP contribution < -0.4 is 5.32 Å². The first-order valence-corrected chi connectivity index (χ1v) is 20.2. The van der Waals surface area contributed by atoms with Crippen LogP contribution in [-0.2, 0) is 14.3 Å². The van der Waals surface area contributed by atoms with Crippen molar-refractivity contribution in [2.45, 2.75) is 210 Å². The molecule has 1 heterocycles. The lowest BCUT2D eigenvalue weighted by atomic mass is 9.98. The highest BCUT2D eigenvalue weighted by molar-refractivity contribution is 5.80. The Morgan fingerprint density at radius 1 is 0.667 bits per heavy atom. The third kappa shape index (κ3) is 21.8. The standard InChI is InChI=1S/C40H75NO10/c1-3-5-7-9-11-12-13-14-15-16-17-18-19-20-21-22-24-26-28-33(44)39(49)41-31(35(45)32(43)27-25-23-10-8-6-4-2)30-50-40-38(48)37(47)36(46)34(29-42)51-40/h8,10,16-17,31-38,40,42-48H,3-7,9,11-15,18-30H2,1-2H3,(H,41,49)/b10-8+,17-16-. The summed E-state index contributed by atoms with van der Waals surface area (Å²) >= 11 is 0. The highest BCUT2D eigenvalue weighted by Gasteiger charge is 2.44. The second-order valence-corrected chi connectivity index (χ2v) is 14.3. The van der Waals surface area contributed by atoms with Crippen LogP contribution in [0.4, 0.5) is 0 Å². The van der Waals surface area contributed by atoms with Gasteiger partial charge in [-0.25, -0.2) is 0 Å². The lowest BCUT2D eigenvalue weighted by Gasteiger charge is -2.40. The molecule has 11 nitrogen and oxygen atoms in total. The molecular weight excluding hydrogens is 654 g/mol. The number of carbonyl (C=O) groups is 1. The Kier molecular flexibility index (Phi) is 28.9. The fourth-order valence-electron chi connectivity index (χ4n) is 6.26. The molecule has 1 rings (SSSR count). The van der Waals surface area contributed by atoms with Gasteiger partial charge in [-0.3, -0.25) is 4.79 Å². The molecule has 0 radical (unpaired) electrons. The van der Waals surface area contributed by atoms with Gasteiger partial charge in [-0.2, -0.15) is 0 Å². The smallest absolute Gasteiger partial charge is 0.249 e. The Balaban J connectivity index is 2.44. The van der Waals surface area contributed by atoms with Crippen molar-refractivity contribution in [3.8, 4) is 0 Å². The Morgan fingerprint density at radius 2 is 1.20 bits per heavy atom. The van der Waals surface area contributed by atoms with E-state index in [1.54, 1.807) is 0 Å². The zero-order chi connectivity index (χ0) is 37.7. The van der Waals surface area contributed by atoms with E-state index in [4.69, 9.17) is 9.47 Å². The topological polar surface area (TPSA) is 189 Å². The third-order valence-electron chi connectivity index (χ3n) is 9.71. The molecule has 11 heteroatoms. The van der Waals surface area contributed by atoms with Crippen molar-refractivity contribution < 1.29 is 50.0 Å². The molecule has 0 aliphatic carbocycles. The van der Waals surface area contributed by atoms with Crippen LogP contribution in [0, 0.1) is 0 Å². The van der Waals surface area contributed by atoms with E-state index in [1.165, 1.54) is 57.8 Å². The van der Waals surface area contributed by atoms with Crippen LogP contribution in [0.2, 0.25) is 0 Å². The number of carbonyl (C=O) groups excluding carboxylic acids is 1. The van der Waals surface area contributed by atoms with Gasteiger partial charge >= 0.3 is 0 Å². The van der Waals surface area contributed by atoms with Crippen LogP contribution in [0.3, 0.4) is 0 Å². The van der Waals surface area contributed by atoms with Gasteiger partial charge in [0.15, 0.2) is 6.29 Å². The van der Waals surface area contributed by atoms with Crippen LogP contribution in [-0.4, -0.2) is 110 Å². The highest BCUT2D eigenvalue weighted by atomic mass is 16.7. The maximum absolute atomic E-state index is 13.0. The van der Waals surface area contributed by atoms with Gasteiger partial charge in [-0.15, -0.1) is 0 Å². The second kappa shape index (κ2) is 31.0. The number of rotatable bonds is 32. The number of nitrogens with one attached hydrogen (secondary N) is 1. The maximum Gasteiger partial charge on any atom is 0.249 e. The quantitative estimate of drug-likeness (QED) is 0.0342. The van der Waals surface area contributed by atoms with E-state index in [9.17, 15) is 40.5 Å². The molecule has 1 amide bonds. The van der Waals surface area contributed by atoms with Crippen LogP contribution >= 0.6 is 0 Å². The highest BCUT2D eigenvalue weighted by Crippen LogP contribution is 2.23. The fraction of sp³-hybridized carbons (Fsp3) is 0.875. The Morgan fingerprint density at radius 3 is 1.76 bits per heavy atom. The molecule has 8 N–H and O–H groups in total. The van der Waals surface area contributed by atoms with E-state index in [0.717, 1.165) is 57.8 Å². The van der Waals surface area contributed by atoms with Crippen LogP contribution in [0.1, 0.15) is 155 Å². The van der Waals surface area contributed by atoms with Gasteiger partial charge < -0.3 is 50.5 Å². The van der Waals surface area contributed by atoms with Gasteiger partial charge in [-0.05, 0) is 57.8 Å².